The van der Waals surface area contributed by atoms with Crippen LogP contribution in [0.3, 0.4) is 0 Å². The fourth-order valence-corrected chi connectivity index (χ4v) is 8.19. The van der Waals surface area contributed by atoms with Gasteiger partial charge in [-0.2, -0.15) is 0 Å². The highest BCUT2D eigenvalue weighted by molar-refractivity contribution is 6.13. The van der Waals surface area contributed by atoms with Gasteiger partial charge >= 0.3 is 0 Å². The maximum Gasteiger partial charge on any atom is 0.143 e. The third-order valence-corrected chi connectivity index (χ3v) is 10.6. The Morgan fingerprint density at radius 2 is 1.08 bits per heavy atom. The fraction of sp³-hybridized carbons (Fsp3) is 0.0400. The van der Waals surface area contributed by atoms with Gasteiger partial charge in [0.25, 0.3) is 0 Å². The van der Waals surface area contributed by atoms with E-state index in [0.717, 1.165) is 55.8 Å². The van der Waals surface area contributed by atoms with Gasteiger partial charge in [-0.05, 0) is 90.7 Å². The van der Waals surface area contributed by atoms with E-state index in [-0.39, 0.29) is 0 Å². The van der Waals surface area contributed by atoms with Crippen molar-refractivity contribution < 1.29 is 4.42 Å². The van der Waals surface area contributed by atoms with E-state index in [1.165, 1.54) is 44.1 Å². The maximum absolute atomic E-state index is 6.81. The number of para-hydroxylation sites is 5. The van der Waals surface area contributed by atoms with Gasteiger partial charge in [0.1, 0.15) is 11.2 Å². The topological polar surface area (TPSA) is 21.3 Å². The summed E-state index contributed by atoms with van der Waals surface area (Å²) in [6.45, 7) is 4.40. The number of nitrogens with zero attached hydrogens (tertiary/aromatic N) is 2. The molecule has 2 heterocycles. The smallest absolute Gasteiger partial charge is 0.143 e. The van der Waals surface area contributed by atoms with Crippen molar-refractivity contribution in [2.24, 2.45) is 0 Å². The molecule has 2 aromatic heterocycles. The zero-order valence-electron chi connectivity index (χ0n) is 29.6. The lowest BCUT2D eigenvalue weighted by Crippen LogP contribution is -2.12. The van der Waals surface area contributed by atoms with Crippen LogP contribution < -0.4 is 4.90 Å². The van der Waals surface area contributed by atoms with Crippen LogP contribution in [0.1, 0.15) is 11.1 Å². The predicted octanol–water partition coefficient (Wildman–Crippen LogP) is 14.1. The zero-order valence-corrected chi connectivity index (χ0v) is 29.6. The van der Waals surface area contributed by atoms with E-state index in [9.17, 15) is 0 Å². The molecule has 0 aliphatic heterocycles. The van der Waals surface area contributed by atoms with Gasteiger partial charge in [-0.3, -0.25) is 0 Å². The summed E-state index contributed by atoms with van der Waals surface area (Å²) in [6, 6.07) is 65.3. The first kappa shape index (κ1) is 30.9. The number of anilines is 3. The molecule has 53 heavy (non-hydrogen) atoms. The summed E-state index contributed by atoms with van der Waals surface area (Å²) >= 11 is 0. The van der Waals surface area contributed by atoms with Crippen molar-refractivity contribution in [2.75, 3.05) is 4.90 Å². The van der Waals surface area contributed by atoms with Crippen molar-refractivity contribution in [1.82, 2.24) is 4.57 Å². The summed E-state index contributed by atoms with van der Waals surface area (Å²) in [4.78, 5) is 2.41. The molecule has 10 aromatic rings. The third-order valence-electron chi connectivity index (χ3n) is 10.6. The molecule has 0 fully saturated rings. The van der Waals surface area contributed by atoms with E-state index in [0.29, 0.717) is 0 Å². The van der Waals surface area contributed by atoms with Gasteiger partial charge in [-0.25, -0.2) is 0 Å². The average molecular weight is 681 g/mol. The van der Waals surface area contributed by atoms with E-state index < -0.39 is 0 Å². The van der Waals surface area contributed by atoms with Crippen molar-refractivity contribution >= 4 is 60.8 Å². The Morgan fingerprint density at radius 3 is 1.83 bits per heavy atom. The largest absolute Gasteiger partial charge is 0.455 e. The Labute approximate surface area is 308 Å². The standard InChI is InChI=1S/C50H36N2O/c1-33-16-6-11-23-45(33)51(36-28-29-38(34(2)30-36)35-17-4-3-5-18-35)37-31-43(50-44(32-37)42-22-10-15-27-49(42)53-50)41-21-9-14-26-48(41)52-46-24-12-7-19-39(46)40-20-8-13-25-47(40)52/h3-32H,1-2H3. The molecule has 0 saturated carbocycles. The Balaban J connectivity index is 1.27. The lowest BCUT2D eigenvalue weighted by molar-refractivity contribution is 0.670. The lowest BCUT2D eigenvalue weighted by atomic mass is 9.97. The molecule has 0 unspecified atom stereocenters. The summed E-state index contributed by atoms with van der Waals surface area (Å²) < 4.78 is 9.22. The molecular formula is C50H36N2O. The molecule has 0 amide bonds. The van der Waals surface area contributed by atoms with E-state index in [4.69, 9.17) is 4.42 Å². The van der Waals surface area contributed by atoms with E-state index in [1.54, 1.807) is 0 Å². The highest BCUT2D eigenvalue weighted by Gasteiger charge is 2.23. The average Bonchev–Trinajstić information content (AvgIpc) is 3.75. The van der Waals surface area contributed by atoms with Gasteiger partial charge in [-0.1, -0.05) is 127 Å². The number of rotatable bonds is 6. The second-order valence-electron chi connectivity index (χ2n) is 13.8. The van der Waals surface area contributed by atoms with Crippen molar-refractivity contribution in [3.63, 3.8) is 0 Å². The number of furan rings is 1. The molecule has 252 valence electrons. The minimum absolute atomic E-state index is 0.876. The van der Waals surface area contributed by atoms with Crippen LogP contribution in [-0.2, 0) is 0 Å². The van der Waals surface area contributed by atoms with Crippen LogP contribution in [0.2, 0.25) is 0 Å². The summed E-state index contributed by atoms with van der Waals surface area (Å²) in [7, 11) is 0. The van der Waals surface area contributed by atoms with Gasteiger partial charge in [0.2, 0.25) is 0 Å². The van der Waals surface area contributed by atoms with Crippen molar-refractivity contribution in [2.45, 2.75) is 13.8 Å². The first-order valence-corrected chi connectivity index (χ1v) is 18.2. The molecule has 3 heteroatoms. The predicted molar refractivity (Wildman–Crippen MR) is 223 cm³/mol. The van der Waals surface area contributed by atoms with Crippen molar-refractivity contribution in [1.29, 1.82) is 0 Å². The van der Waals surface area contributed by atoms with Crippen LogP contribution in [0.5, 0.6) is 0 Å². The molecule has 10 rings (SSSR count). The molecule has 0 atom stereocenters. The van der Waals surface area contributed by atoms with Crippen molar-refractivity contribution in [3.8, 4) is 27.9 Å². The van der Waals surface area contributed by atoms with Crippen LogP contribution in [0.4, 0.5) is 17.1 Å². The van der Waals surface area contributed by atoms with Gasteiger partial charge < -0.3 is 13.9 Å². The monoisotopic (exact) mass is 680 g/mol. The summed E-state index contributed by atoms with van der Waals surface area (Å²) in [6.07, 6.45) is 0. The quantitative estimate of drug-likeness (QED) is 0.174. The minimum atomic E-state index is 0.876. The number of fused-ring (bicyclic) bond motifs is 6. The first-order chi connectivity index (χ1) is 26.1. The highest BCUT2D eigenvalue weighted by atomic mass is 16.3. The minimum Gasteiger partial charge on any atom is -0.455 e. The zero-order chi connectivity index (χ0) is 35.5. The molecule has 0 radical (unpaired) electrons. The summed E-state index contributed by atoms with van der Waals surface area (Å²) in [5.74, 6) is 0. The molecule has 0 aliphatic rings. The maximum atomic E-state index is 6.81. The lowest BCUT2D eigenvalue weighted by Gasteiger charge is -2.28. The molecule has 0 bridgehead atoms. The Bertz CT molecular complexity index is 2930. The van der Waals surface area contributed by atoms with Gasteiger partial charge in [0, 0.05) is 49.7 Å². The Hall–Kier alpha value is -6.84. The number of aromatic nitrogens is 1. The number of hydrogen-bond acceptors (Lipinski definition) is 2. The van der Waals surface area contributed by atoms with E-state index >= 15 is 0 Å². The van der Waals surface area contributed by atoms with Crippen LogP contribution >= 0.6 is 0 Å². The van der Waals surface area contributed by atoms with Crippen LogP contribution in [0, 0.1) is 13.8 Å². The van der Waals surface area contributed by atoms with Crippen LogP contribution in [0.25, 0.3) is 71.7 Å². The second-order valence-corrected chi connectivity index (χ2v) is 13.8. The van der Waals surface area contributed by atoms with E-state index in [2.05, 4.69) is 199 Å². The van der Waals surface area contributed by atoms with E-state index in [1.807, 2.05) is 6.07 Å². The second kappa shape index (κ2) is 12.4. The van der Waals surface area contributed by atoms with Gasteiger partial charge in [0.05, 0.1) is 16.7 Å². The number of hydrogen-bond donors (Lipinski definition) is 0. The molecule has 0 aliphatic carbocycles. The number of benzene rings is 8. The van der Waals surface area contributed by atoms with Gasteiger partial charge in [0.15, 0.2) is 0 Å². The SMILES string of the molecule is Cc1cc(N(c2cc(-c3ccccc3-n3c4ccccc4c4ccccc43)c3oc4ccccc4c3c2)c2ccccc2C)ccc1-c1ccccc1. The Kier molecular flexibility index (Phi) is 7.26. The Morgan fingerprint density at radius 1 is 0.434 bits per heavy atom. The molecular weight excluding hydrogens is 645 g/mol. The fourth-order valence-electron chi connectivity index (χ4n) is 8.19. The van der Waals surface area contributed by atoms with Crippen LogP contribution in [-0.4, -0.2) is 4.57 Å². The summed E-state index contributed by atoms with van der Waals surface area (Å²) in [5.41, 5.74) is 15.5. The normalized spacial score (nSPS) is 11.6. The van der Waals surface area contributed by atoms with Gasteiger partial charge in [-0.15, -0.1) is 0 Å². The molecule has 8 aromatic carbocycles. The van der Waals surface area contributed by atoms with Crippen LogP contribution in [0.15, 0.2) is 186 Å². The first-order valence-electron chi connectivity index (χ1n) is 18.2. The van der Waals surface area contributed by atoms with Crippen molar-refractivity contribution in [3.05, 3.63) is 193 Å². The molecule has 0 spiro atoms. The number of aryl methyl sites for hydroxylation is 2. The molecule has 0 N–H and O–H groups in total. The third kappa shape index (κ3) is 5.04. The summed E-state index contributed by atoms with van der Waals surface area (Å²) in [5, 5.41) is 4.66. The molecule has 3 nitrogen and oxygen atoms in total. The highest BCUT2D eigenvalue weighted by Crippen LogP contribution is 2.46. The molecule has 0 saturated heterocycles.